The molecule has 1 aromatic heterocycles. The number of anilines is 4. The van der Waals surface area contributed by atoms with Gasteiger partial charge in [0.2, 0.25) is 11.9 Å². The molecule has 194 valence electrons. The number of nitrogens with one attached hydrogen (secondary N) is 3. The van der Waals surface area contributed by atoms with Gasteiger partial charge in [0, 0.05) is 28.5 Å². The van der Waals surface area contributed by atoms with Gasteiger partial charge in [0.15, 0.2) is 0 Å². The minimum absolute atomic E-state index is 0.0603. The van der Waals surface area contributed by atoms with Crippen LogP contribution < -0.4 is 16.0 Å². The largest absolute Gasteiger partial charge is 0.365 e. The number of benzene rings is 3. The van der Waals surface area contributed by atoms with Crippen molar-refractivity contribution in [1.82, 2.24) is 9.97 Å². The quantitative estimate of drug-likeness (QED) is 0.243. The maximum atomic E-state index is 13.3. The summed E-state index contributed by atoms with van der Waals surface area (Å²) < 4.78 is 0. The van der Waals surface area contributed by atoms with E-state index < -0.39 is 5.41 Å². The molecule has 0 spiro atoms. The number of hydrogen-bond acceptors (Lipinski definition) is 5. The van der Waals surface area contributed by atoms with Gasteiger partial charge in [0.05, 0.1) is 11.1 Å². The van der Waals surface area contributed by atoms with Crippen molar-refractivity contribution in [2.45, 2.75) is 57.9 Å². The van der Waals surface area contributed by atoms with Gasteiger partial charge in [-0.15, -0.1) is 0 Å². The molecule has 0 bridgehead atoms. The zero-order valence-corrected chi connectivity index (χ0v) is 22.5. The molecule has 38 heavy (non-hydrogen) atoms. The van der Waals surface area contributed by atoms with Crippen LogP contribution in [0.4, 0.5) is 23.1 Å². The molecule has 6 heteroatoms. The molecule has 1 aliphatic rings. The minimum atomic E-state index is -0.489. The first-order valence-electron chi connectivity index (χ1n) is 13.2. The Bertz CT molecular complexity index is 1400. The van der Waals surface area contributed by atoms with Gasteiger partial charge in [-0.3, -0.25) is 4.79 Å². The van der Waals surface area contributed by atoms with Gasteiger partial charge >= 0.3 is 0 Å². The standard InChI is InChI=1S/C32H35N5O/c1-22-11-15-25(16-12-22)33-29(38)32(19-8-20-32)24-13-17-26(18-14-24)34-30-35-27(23-9-6-5-7-10-23)21-28(36-30)37-31(2,3)4/h5-7,9-18,21H,8,19-20H2,1-4H3,(H,33,38)(H2,34,35,36,37). The Balaban J connectivity index is 1.37. The molecule has 1 aliphatic carbocycles. The minimum Gasteiger partial charge on any atom is -0.365 e. The highest BCUT2D eigenvalue weighted by Gasteiger charge is 2.45. The van der Waals surface area contributed by atoms with Crippen molar-refractivity contribution < 1.29 is 4.79 Å². The summed E-state index contributed by atoms with van der Waals surface area (Å²) >= 11 is 0. The smallest absolute Gasteiger partial charge is 0.235 e. The lowest BCUT2D eigenvalue weighted by Gasteiger charge is -2.40. The summed E-state index contributed by atoms with van der Waals surface area (Å²) in [5.41, 5.74) is 5.14. The highest BCUT2D eigenvalue weighted by molar-refractivity contribution is 6.00. The molecule has 5 rings (SSSR count). The summed E-state index contributed by atoms with van der Waals surface area (Å²) in [6.45, 7) is 8.36. The fourth-order valence-corrected chi connectivity index (χ4v) is 4.77. The first-order valence-corrected chi connectivity index (χ1v) is 13.2. The highest BCUT2D eigenvalue weighted by atomic mass is 16.2. The van der Waals surface area contributed by atoms with E-state index in [2.05, 4.69) is 36.7 Å². The van der Waals surface area contributed by atoms with E-state index in [1.54, 1.807) is 0 Å². The molecule has 1 amide bonds. The molecule has 1 heterocycles. The Morgan fingerprint density at radius 3 is 2.11 bits per heavy atom. The van der Waals surface area contributed by atoms with Crippen molar-refractivity contribution in [3.05, 3.63) is 96.1 Å². The molecule has 0 atom stereocenters. The monoisotopic (exact) mass is 505 g/mol. The SMILES string of the molecule is Cc1ccc(NC(=O)C2(c3ccc(Nc4nc(NC(C)(C)C)cc(-c5ccccc5)n4)cc3)CCC2)cc1. The average Bonchev–Trinajstić information content (AvgIpc) is 2.85. The van der Waals surface area contributed by atoms with E-state index in [4.69, 9.17) is 9.97 Å². The van der Waals surface area contributed by atoms with Gasteiger partial charge in [-0.2, -0.15) is 4.98 Å². The van der Waals surface area contributed by atoms with E-state index in [1.807, 2.05) is 91.9 Å². The molecule has 3 N–H and O–H groups in total. The van der Waals surface area contributed by atoms with Crippen molar-refractivity contribution in [2.24, 2.45) is 0 Å². The zero-order valence-electron chi connectivity index (χ0n) is 22.5. The molecule has 0 saturated heterocycles. The molecule has 1 saturated carbocycles. The molecule has 0 radical (unpaired) electrons. The third kappa shape index (κ3) is 5.70. The van der Waals surface area contributed by atoms with Crippen molar-refractivity contribution in [1.29, 1.82) is 0 Å². The Kier molecular flexibility index (Phi) is 6.89. The summed E-state index contributed by atoms with van der Waals surface area (Å²) in [4.78, 5) is 22.9. The Morgan fingerprint density at radius 2 is 1.50 bits per heavy atom. The van der Waals surface area contributed by atoms with Crippen LogP contribution in [0.15, 0.2) is 84.9 Å². The van der Waals surface area contributed by atoms with Crippen molar-refractivity contribution in [3.63, 3.8) is 0 Å². The number of aryl methyl sites for hydroxylation is 1. The maximum absolute atomic E-state index is 13.3. The number of amides is 1. The average molecular weight is 506 g/mol. The molecular weight excluding hydrogens is 470 g/mol. The molecule has 1 fully saturated rings. The maximum Gasteiger partial charge on any atom is 0.235 e. The van der Waals surface area contributed by atoms with Gasteiger partial charge in [-0.25, -0.2) is 4.98 Å². The van der Waals surface area contributed by atoms with E-state index in [9.17, 15) is 4.79 Å². The van der Waals surface area contributed by atoms with Crippen LogP contribution in [0.2, 0.25) is 0 Å². The third-order valence-electron chi connectivity index (χ3n) is 6.94. The number of rotatable bonds is 7. The van der Waals surface area contributed by atoms with Crippen LogP contribution in [0.25, 0.3) is 11.3 Å². The lowest BCUT2D eigenvalue weighted by Crippen LogP contribution is -2.46. The van der Waals surface area contributed by atoms with E-state index in [1.165, 1.54) is 5.56 Å². The first-order chi connectivity index (χ1) is 18.2. The van der Waals surface area contributed by atoms with Crippen molar-refractivity contribution in [3.8, 4) is 11.3 Å². The predicted molar refractivity (Wildman–Crippen MR) is 156 cm³/mol. The second kappa shape index (κ2) is 10.3. The number of aromatic nitrogens is 2. The number of carbonyl (C=O) groups is 1. The molecule has 0 unspecified atom stereocenters. The van der Waals surface area contributed by atoms with Gasteiger partial charge in [0.25, 0.3) is 0 Å². The topological polar surface area (TPSA) is 78.9 Å². The predicted octanol–water partition coefficient (Wildman–Crippen LogP) is 7.47. The summed E-state index contributed by atoms with van der Waals surface area (Å²) in [7, 11) is 0. The fourth-order valence-electron chi connectivity index (χ4n) is 4.77. The Hall–Kier alpha value is -4.19. The molecule has 6 nitrogen and oxygen atoms in total. The van der Waals surface area contributed by atoms with E-state index in [-0.39, 0.29) is 11.4 Å². The second-order valence-corrected chi connectivity index (χ2v) is 11.2. The Labute approximate surface area is 224 Å². The molecule has 0 aliphatic heterocycles. The van der Waals surface area contributed by atoms with Crippen LogP contribution in [0.3, 0.4) is 0 Å². The summed E-state index contributed by atoms with van der Waals surface area (Å²) in [5.74, 6) is 1.33. The normalized spacial score (nSPS) is 14.3. The van der Waals surface area contributed by atoms with Crippen LogP contribution in [0.1, 0.15) is 51.2 Å². The van der Waals surface area contributed by atoms with E-state index >= 15 is 0 Å². The number of nitrogens with zero attached hydrogens (tertiary/aromatic N) is 2. The summed E-state index contributed by atoms with van der Waals surface area (Å²) in [6.07, 6.45) is 2.74. The van der Waals surface area contributed by atoms with Crippen molar-refractivity contribution >= 4 is 29.0 Å². The lowest BCUT2D eigenvalue weighted by atomic mass is 9.63. The molecule has 3 aromatic carbocycles. The van der Waals surface area contributed by atoms with Crippen LogP contribution in [-0.4, -0.2) is 21.4 Å². The Morgan fingerprint density at radius 1 is 0.842 bits per heavy atom. The van der Waals surface area contributed by atoms with Crippen LogP contribution >= 0.6 is 0 Å². The van der Waals surface area contributed by atoms with Crippen molar-refractivity contribution in [2.75, 3.05) is 16.0 Å². The lowest BCUT2D eigenvalue weighted by molar-refractivity contribution is -0.124. The summed E-state index contributed by atoms with van der Waals surface area (Å²) in [5, 5.41) is 9.96. The summed E-state index contributed by atoms with van der Waals surface area (Å²) in [6, 6.07) is 28.1. The second-order valence-electron chi connectivity index (χ2n) is 11.2. The van der Waals surface area contributed by atoms with Crippen LogP contribution in [0, 0.1) is 6.92 Å². The van der Waals surface area contributed by atoms with Gasteiger partial charge in [-0.1, -0.05) is 66.6 Å². The van der Waals surface area contributed by atoms with Gasteiger partial charge < -0.3 is 16.0 Å². The van der Waals surface area contributed by atoms with Gasteiger partial charge in [0.1, 0.15) is 5.82 Å². The van der Waals surface area contributed by atoms with E-state index in [0.29, 0.717) is 5.95 Å². The van der Waals surface area contributed by atoms with E-state index in [0.717, 1.165) is 53.3 Å². The van der Waals surface area contributed by atoms with Gasteiger partial charge in [-0.05, 0) is 70.4 Å². The third-order valence-corrected chi connectivity index (χ3v) is 6.94. The number of carbonyl (C=O) groups excluding carboxylic acids is 1. The molecular formula is C32H35N5O. The fraction of sp³-hybridized carbons (Fsp3) is 0.281. The van der Waals surface area contributed by atoms with Crippen LogP contribution in [-0.2, 0) is 10.2 Å². The first kappa shape index (κ1) is 25.5. The highest BCUT2D eigenvalue weighted by Crippen LogP contribution is 2.45. The zero-order chi connectivity index (χ0) is 26.8. The van der Waals surface area contributed by atoms with Crippen LogP contribution in [0.5, 0.6) is 0 Å². The molecule has 4 aromatic rings. The number of hydrogen-bond donors (Lipinski definition) is 3.